The van der Waals surface area contributed by atoms with Crippen molar-refractivity contribution in [2.24, 2.45) is 0 Å². The Labute approximate surface area is 128 Å². The summed E-state index contributed by atoms with van der Waals surface area (Å²) in [4.78, 5) is 17.1. The van der Waals surface area contributed by atoms with Gasteiger partial charge in [0.1, 0.15) is 0 Å². The Balaban J connectivity index is 0. The third-order valence-corrected chi connectivity index (χ3v) is 2.70. The molecular formula is C10H24KO3P. The summed E-state index contributed by atoms with van der Waals surface area (Å²) in [7, 11) is -3.72. The molecule has 2 N–H and O–H groups in total. The van der Waals surface area contributed by atoms with Crippen molar-refractivity contribution in [1.82, 2.24) is 0 Å². The molecule has 0 saturated heterocycles. The first-order valence-electron chi connectivity index (χ1n) is 6.02. The van der Waals surface area contributed by atoms with Crippen LogP contribution in [0.25, 0.3) is 0 Å². The summed E-state index contributed by atoms with van der Waals surface area (Å²) in [6, 6.07) is 0. The maximum atomic E-state index is 10.4. The van der Waals surface area contributed by atoms with Gasteiger partial charge in [-0.3, -0.25) is 4.57 Å². The first kappa shape index (κ1) is 19.1. The van der Waals surface area contributed by atoms with E-state index in [1.165, 1.54) is 19.8 Å². The van der Waals surface area contributed by atoms with Crippen LogP contribution >= 0.6 is 7.60 Å². The van der Waals surface area contributed by atoms with Crippen molar-refractivity contribution in [3.8, 4) is 0 Å². The SMILES string of the molecule is CCCCCCCCP(=O)(O)O.C[CH2][K]. The summed E-state index contributed by atoms with van der Waals surface area (Å²) < 4.78 is 11.9. The number of unbranched alkanes of at least 4 members (excludes halogenated alkanes) is 5. The van der Waals surface area contributed by atoms with E-state index in [0.29, 0.717) is 6.42 Å². The Morgan fingerprint density at radius 3 is 1.80 bits per heavy atom. The normalized spacial score (nSPS) is 10.8. The van der Waals surface area contributed by atoms with Crippen LogP contribution in [0.1, 0.15) is 52.4 Å². The molecule has 0 radical (unpaired) electrons. The van der Waals surface area contributed by atoms with E-state index in [1.807, 2.05) is 0 Å². The molecule has 0 aromatic rings. The van der Waals surface area contributed by atoms with Crippen molar-refractivity contribution in [3.05, 3.63) is 0 Å². The van der Waals surface area contributed by atoms with Gasteiger partial charge in [0.05, 0.1) is 0 Å². The minimum absolute atomic E-state index is 0.0547. The van der Waals surface area contributed by atoms with Crippen molar-refractivity contribution < 1.29 is 14.4 Å². The molecule has 0 heterocycles. The Morgan fingerprint density at radius 2 is 1.40 bits per heavy atom. The fraction of sp³-hybridized carbons (Fsp3) is 1.00. The van der Waals surface area contributed by atoms with Crippen LogP contribution in [0.15, 0.2) is 0 Å². The van der Waals surface area contributed by atoms with Gasteiger partial charge in [0, 0.05) is 6.16 Å². The van der Waals surface area contributed by atoms with Crippen LogP contribution < -0.4 is 0 Å². The molecule has 0 fully saturated rings. The van der Waals surface area contributed by atoms with E-state index in [0.717, 1.165) is 61.8 Å². The van der Waals surface area contributed by atoms with E-state index in [1.54, 1.807) is 0 Å². The van der Waals surface area contributed by atoms with Crippen LogP contribution in [0.5, 0.6) is 0 Å². The number of hydrogen-bond acceptors (Lipinski definition) is 1. The second-order valence-electron chi connectivity index (χ2n) is 3.86. The molecular weight excluding hydrogens is 238 g/mol. The first-order chi connectivity index (χ1) is 6.97. The second kappa shape index (κ2) is 13.8. The Morgan fingerprint density at radius 1 is 1.00 bits per heavy atom. The zero-order chi connectivity index (χ0) is 12.2. The third-order valence-electron chi connectivity index (χ3n) is 1.80. The second-order valence-corrected chi connectivity index (χ2v) is 7.85. The topological polar surface area (TPSA) is 57.5 Å². The molecule has 88 valence electrons. The van der Waals surface area contributed by atoms with E-state index in [-0.39, 0.29) is 6.16 Å². The zero-order valence-electron chi connectivity index (χ0n) is 10.4. The van der Waals surface area contributed by atoms with E-state index in [9.17, 15) is 4.57 Å². The van der Waals surface area contributed by atoms with Gasteiger partial charge in [0.15, 0.2) is 0 Å². The summed E-state index contributed by atoms with van der Waals surface area (Å²) >= 11 is 1.10. The molecule has 15 heavy (non-hydrogen) atoms. The molecule has 0 saturated carbocycles. The average Bonchev–Trinajstić information content (AvgIpc) is 2.11. The van der Waals surface area contributed by atoms with E-state index >= 15 is 0 Å². The fourth-order valence-electron chi connectivity index (χ4n) is 1.10. The predicted molar refractivity (Wildman–Crippen MR) is 66.5 cm³/mol. The molecule has 0 aliphatic heterocycles. The van der Waals surface area contributed by atoms with Gasteiger partial charge in [-0.15, -0.1) is 0 Å². The molecule has 0 atom stereocenters. The molecule has 0 spiro atoms. The molecule has 3 nitrogen and oxygen atoms in total. The summed E-state index contributed by atoms with van der Waals surface area (Å²) in [5, 5.41) is 0. The van der Waals surface area contributed by atoms with Gasteiger partial charge in [0.2, 0.25) is 0 Å². The molecule has 0 unspecified atom stereocenters. The van der Waals surface area contributed by atoms with Gasteiger partial charge in [0.25, 0.3) is 0 Å². The maximum absolute atomic E-state index is 10.4. The summed E-state index contributed by atoms with van der Waals surface area (Å²) in [5.74, 6) is 0. The molecule has 0 aliphatic carbocycles. The molecule has 0 bridgehead atoms. The standard InChI is InChI=1S/C8H19O3P.C2H5.K/c1-2-3-4-5-6-7-8-12(9,10)11;1-2;/h2-8H2,1H3,(H2,9,10,11);1H2,2H3;. The predicted octanol–water partition coefficient (Wildman–Crippen LogP) is 3.12. The van der Waals surface area contributed by atoms with Crippen molar-refractivity contribution in [1.29, 1.82) is 0 Å². The van der Waals surface area contributed by atoms with Gasteiger partial charge in [-0.25, -0.2) is 0 Å². The van der Waals surface area contributed by atoms with Crippen LogP contribution in [0.3, 0.4) is 0 Å². The van der Waals surface area contributed by atoms with Gasteiger partial charge in [-0.1, -0.05) is 39.0 Å². The molecule has 0 aliphatic rings. The third kappa shape index (κ3) is 25.8. The molecule has 0 rings (SSSR count). The zero-order valence-corrected chi connectivity index (χ0v) is 14.4. The van der Waals surface area contributed by atoms with Crippen molar-refractivity contribution in [3.63, 3.8) is 0 Å². The van der Waals surface area contributed by atoms with Crippen LogP contribution in [0, 0.1) is 0 Å². The van der Waals surface area contributed by atoms with Crippen molar-refractivity contribution in [2.75, 3.05) is 6.16 Å². The minimum atomic E-state index is -3.72. The number of rotatable bonds is 7. The van der Waals surface area contributed by atoms with Crippen molar-refractivity contribution in [2.45, 2.75) is 52.9 Å². The fourth-order valence-corrected chi connectivity index (χ4v) is 1.73. The Bertz CT molecular complexity index is 159. The molecule has 0 amide bonds. The van der Waals surface area contributed by atoms with Gasteiger partial charge in [-0.05, 0) is 6.42 Å². The molecule has 0 aromatic carbocycles. The summed E-state index contributed by atoms with van der Waals surface area (Å²) in [6.45, 7) is 4.36. The van der Waals surface area contributed by atoms with Crippen LogP contribution in [-0.2, 0) is 4.57 Å². The van der Waals surface area contributed by atoms with Crippen LogP contribution in [0.4, 0.5) is 0 Å². The number of hydrogen-bond donors (Lipinski definition) is 2. The van der Waals surface area contributed by atoms with Gasteiger partial charge in [-0.2, -0.15) is 0 Å². The van der Waals surface area contributed by atoms with Gasteiger partial charge >= 0.3 is 64.0 Å². The molecule has 0 aromatic heterocycles. The van der Waals surface area contributed by atoms with E-state index < -0.39 is 7.60 Å². The van der Waals surface area contributed by atoms with Crippen molar-refractivity contribution >= 4 is 56.5 Å². The Hall–Kier alpha value is 1.79. The average molecular weight is 262 g/mol. The summed E-state index contributed by atoms with van der Waals surface area (Å²) in [6.07, 6.45) is 6.40. The Kier molecular flexibility index (Phi) is 17.7. The monoisotopic (exact) mass is 262 g/mol. The molecule has 5 heteroatoms. The quantitative estimate of drug-likeness (QED) is 0.421. The first-order valence-corrected chi connectivity index (χ1v) is 10.0. The van der Waals surface area contributed by atoms with E-state index in [4.69, 9.17) is 9.79 Å². The van der Waals surface area contributed by atoms with E-state index in [2.05, 4.69) is 13.8 Å². The van der Waals surface area contributed by atoms with Crippen LogP contribution in [-0.4, -0.2) is 64.9 Å². The summed E-state index contributed by atoms with van der Waals surface area (Å²) in [5.41, 5.74) is 0. The van der Waals surface area contributed by atoms with Gasteiger partial charge < -0.3 is 9.79 Å². The van der Waals surface area contributed by atoms with Crippen LogP contribution in [0.2, 0.25) is 0.515 Å².